The second-order valence-corrected chi connectivity index (χ2v) is 2.91. The van der Waals surface area contributed by atoms with E-state index < -0.39 is 12.0 Å². The first-order valence-electron chi connectivity index (χ1n) is 3.74. The first-order valence-corrected chi connectivity index (χ1v) is 3.74. The van der Waals surface area contributed by atoms with Gasteiger partial charge in [-0.3, -0.25) is 4.68 Å². The predicted octanol–water partition coefficient (Wildman–Crippen LogP) is 1.50. The number of hydrogen-bond donors (Lipinski definition) is 1. The molecule has 5 heteroatoms. The van der Waals surface area contributed by atoms with E-state index in [-0.39, 0.29) is 6.42 Å². The lowest BCUT2D eigenvalue weighted by atomic mass is 10.6. The van der Waals surface area contributed by atoms with Crippen molar-refractivity contribution in [2.75, 3.05) is 12.4 Å². The molecule has 0 spiro atoms. The van der Waals surface area contributed by atoms with Crippen LogP contribution in [-0.4, -0.2) is 22.8 Å². The van der Waals surface area contributed by atoms with Gasteiger partial charge in [-0.1, -0.05) is 0 Å². The van der Waals surface area contributed by atoms with E-state index in [0.29, 0.717) is 5.82 Å². The van der Waals surface area contributed by atoms with Crippen LogP contribution >= 0.6 is 0 Å². The summed E-state index contributed by atoms with van der Waals surface area (Å²) in [6.45, 7) is 0. The molecular weight excluding hydrogens is 164 g/mol. The maximum absolute atomic E-state index is 12.5. The Labute approximate surface area is 68.4 Å². The van der Waals surface area contributed by atoms with Gasteiger partial charge in [-0.15, -0.1) is 0 Å². The SMILES string of the molecule is CNc1ccn(C2CC2(F)F)n1. The summed E-state index contributed by atoms with van der Waals surface area (Å²) in [6, 6.07) is 0.952. The van der Waals surface area contributed by atoms with Gasteiger partial charge in [0.15, 0.2) is 0 Å². The van der Waals surface area contributed by atoms with Crippen molar-refractivity contribution in [1.82, 2.24) is 9.78 Å². The normalized spacial score (nSPS) is 25.4. The zero-order valence-electron chi connectivity index (χ0n) is 6.59. The van der Waals surface area contributed by atoms with Gasteiger partial charge in [0.05, 0.1) is 0 Å². The molecule has 1 aliphatic carbocycles. The summed E-state index contributed by atoms with van der Waals surface area (Å²) in [4.78, 5) is 0. The van der Waals surface area contributed by atoms with Crippen molar-refractivity contribution >= 4 is 5.82 Å². The quantitative estimate of drug-likeness (QED) is 0.734. The van der Waals surface area contributed by atoms with Crippen LogP contribution in [0.1, 0.15) is 12.5 Å². The largest absolute Gasteiger partial charge is 0.372 e. The van der Waals surface area contributed by atoms with Crippen LogP contribution in [0.4, 0.5) is 14.6 Å². The Morgan fingerprint density at radius 3 is 2.83 bits per heavy atom. The summed E-state index contributed by atoms with van der Waals surface area (Å²) < 4.78 is 26.3. The van der Waals surface area contributed by atoms with Gasteiger partial charge in [-0.05, 0) is 0 Å². The number of nitrogens with one attached hydrogen (secondary N) is 1. The molecule has 1 aromatic rings. The molecule has 0 saturated heterocycles. The lowest BCUT2D eigenvalue weighted by Crippen LogP contribution is -2.03. The van der Waals surface area contributed by atoms with Crippen molar-refractivity contribution in [2.45, 2.75) is 18.4 Å². The molecule has 66 valence electrons. The molecular formula is C7H9F2N3. The van der Waals surface area contributed by atoms with Gasteiger partial charge in [0.2, 0.25) is 0 Å². The second-order valence-electron chi connectivity index (χ2n) is 2.91. The Kier molecular flexibility index (Phi) is 1.37. The summed E-state index contributed by atoms with van der Waals surface area (Å²) in [7, 11) is 1.71. The molecule has 1 aromatic heterocycles. The fraction of sp³-hybridized carbons (Fsp3) is 0.571. The van der Waals surface area contributed by atoms with E-state index >= 15 is 0 Å². The van der Waals surface area contributed by atoms with Crippen LogP contribution in [-0.2, 0) is 0 Å². The minimum atomic E-state index is -2.54. The Morgan fingerprint density at radius 1 is 1.75 bits per heavy atom. The molecule has 1 aliphatic rings. The molecule has 1 fully saturated rings. The number of halogens is 2. The van der Waals surface area contributed by atoms with Gasteiger partial charge in [0, 0.05) is 25.7 Å². The van der Waals surface area contributed by atoms with Crippen molar-refractivity contribution in [1.29, 1.82) is 0 Å². The smallest absolute Gasteiger partial charge is 0.272 e. The monoisotopic (exact) mass is 173 g/mol. The van der Waals surface area contributed by atoms with E-state index in [1.165, 1.54) is 4.68 Å². The van der Waals surface area contributed by atoms with Crippen LogP contribution in [0, 0.1) is 0 Å². The van der Waals surface area contributed by atoms with Gasteiger partial charge in [-0.25, -0.2) is 8.78 Å². The van der Waals surface area contributed by atoms with E-state index in [4.69, 9.17) is 0 Å². The highest BCUT2D eigenvalue weighted by atomic mass is 19.3. The van der Waals surface area contributed by atoms with Gasteiger partial charge < -0.3 is 5.32 Å². The molecule has 1 heterocycles. The molecule has 12 heavy (non-hydrogen) atoms. The molecule has 0 aliphatic heterocycles. The fourth-order valence-corrected chi connectivity index (χ4v) is 1.13. The topological polar surface area (TPSA) is 29.9 Å². The number of aromatic nitrogens is 2. The van der Waals surface area contributed by atoms with Crippen molar-refractivity contribution < 1.29 is 8.78 Å². The van der Waals surface area contributed by atoms with Crippen molar-refractivity contribution in [3.63, 3.8) is 0 Å². The molecule has 2 rings (SSSR count). The number of nitrogens with zero attached hydrogens (tertiary/aromatic N) is 2. The Bertz CT molecular complexity index is 295. The number of alkyl halides is 2. The first kappa shape index (κ1) is 7.52. The van der Waals surface area contributed by atoms with E-state index in [9.17, 15) is 8.78 Å². The Hall–Kier alpha value is -1.13. The van der Waals surface area contributed by atoms with Crippen molar-refractivity contribution in [3.8, 4) is 0 Å². The van der Waals surface area contributed by atoms with Crippen molar-refractivity contribution in [2.24, 2.45) is 0 Å². The van der Waals surface area contributed by atoms with Gasteiger partial charge >= 0.3 is 0 Å². The minimum absolute atomic E-state index is 0.0855. The molecule has 1 atom stereocenters. The zero-order valence-corrected chi connectivity index (χ0v) is 6.59. The Morgan fingerprint density at radius 2 is 2.42 bits per heavy atom. The third-order valence-corrected chi connectivity index (χ3v) is 1.98. The van der Waals surface area contributed by atoms with E-state index in [2.05, 4.69) is 10.4 Å². The summed E-state index contributed by atoms with van der Waals surface area (Å²) in [5.41, 5.74) is 0. The van der Waals surface area contributed by atoms with Crippen molar-refractivity contribution in [3.05, 3.63) is 12.3 Å². The predicted molar refractivity (Wildman–Crippen MR) is 40.4 cm³/mol. The highest BCUT2D eigenvalue weighted by Gasteiger charge is 2.59. The molecule has 3 nitrogen and oxygen atoms in total. The Balaban J connectivity index is 2.15. The average molecular weight is 173 g/mol. The number of hydrogen-bond acceptors (Lipinski definition) is 2. The van der Waals surface area contributed by atoms with E-state index in [1.807, 2.05) is 0 Å². The summed E-state index contributed by atoms with van der Waals surface area (Å²) in [6.07, 6.45) is 1.48. The van der Waals surface area contributed by atoms with Gasteiger partial charge in [0.1, 0.15) is 11.9 Å². The van der Waals surface area contributed by atoms with Crippen LogP contribution < -0.4 is 5.32 Å². The molecule has 0 aromatic carbocycles. The van der Waals surface area contributed by atoms with Crippen LogP contribution in [0.2, 0.25) is 0 Å². The standard InChI is InChI=1S/C7H9F2N3/c1-10-6-2-3-12(11-6)5-4-7(5,8)9/h2-3,5H,4H2,1H3,(H,10,11). The van der Waals surface area contributed by atoms with E-state index in [0.717, 1.165) is 0 Å². The first-order chi connectivity index (χ1) is 5.63. The third-order valence-electron chi connectivity index (χ3n) is 1.98. The van der Waals surface area contributed by atoms with E-state index in [1.54, 1.807) is 19.3 Å². The lowest BCUT2D eigenvalue weighted by molar-refractivity contribution is 0.0984. The molecule has 1 N–H and O–H groups in total. The summed E-state index contributed by atoms with van der Waals surface area (Å²) >= 11 is 0. The maximum atomic E-state index is 12.5. The number of anilines is 1. The van der Waals surface area contributed by atoms with Crippen LogP contribution in [0.5, 0.6) is 0 Å². The molecule has 1 saturated carbocycles. The van der Waals surface area contributed by atoms with Gasteiger partial charge in [0.25, 0.3) is 5.92 Å². The summed E-state index contributed by atoms with van der Waals surface area (Å²) in [5.74, 6) is -1.92. The highest BCUT2D eigenvalue weighted by Crippen LogP contribution is 2.52. The third kappa shape index (κ3) is 1.05. The molecule has 0 amide bonds. The average Bonchev–Trinajstić information content (AvgIpc) is 2.52. The summed E-state index contributed by atoms with van der Waals surface area (Å²) in [5, 5.41) is 6.69. The number of rotatable bonds is 2. The fourth-order valence-electron chi connectivity index (χ4n) is 1.13. The van der Waals surface area contributed by atoms with Crippen LogP contribution in [0.3, 0.4) is 0 Å². The van der Waals surface area contributed by atoms with Gasteiger partial charge in [-0.2, -0.15) is 5.10 Å². The zero-order chi connectivity index (χ0) is 8.77. The molecule has 0 bridgehead atoms. The second kappa shape index (κ2) is 2.18. The molecule has 1 unspecified atom stereocenters. The van der Waals surface area contributed by atoms with Crippen LogP contribution in [0.25, 0.3) is 0 Å². The maximum Gasteiger partial charge on any atom is 0.272 e. The lowest BCUT2D eigenvalue weighted by Gasteiger charge is -1.97. The molecule has 0 radical (unpaired) electrons. The highest BCUT2D eigenvalue weighted by molar-refractivity contribution is 5.31. The minimum Gasteiger partial charge on any atom is -0.372 e. The van der Waals surface area contributed by atoms with Crippen LogP contribution in [0.15, 0.2) is 12.3 Å².